The fourth-order valence-electron chi connectivity index (χ4n) is 1.45. The van der Waals surface area contributed by atoms with Crippen molar-refractivity contribution >= 4 is 17.3 Å². The van der Waals surface area contributed by atoms with E-state index in [1.54, 1.807) is 0 Å². The number of nitrogens with two attached hydrogens (primary N) is 1. The third-order valence-electron chi connectivity index (χ3n) is 2.81. The van der Waals surface area contributed by atoms with Crippen molar-refractivity contribution in [2.24, 2.45) is 11.1 Å². The monoisotopic (exact) mass is 276 g/mol. The van der Waals surface area contributed by atoms with E-state index in [1.807, 2.05) is 26.8 Å². The number of carbonyl (C=O) groups is 1. The van der Waals surface area contributed by atoms with Crippen LogP contribution in [-0.2, 0) is 4.79 Å². The minimum atomic E-state index is -0.760. The zero-order valence-corrected chi connectivity index (χ0v) is 11.5. The summed E-state index contributed by atoms with van der Waals surface area (Å²) in [5, 5.41) is 22.1. The first kappa shape index (κ1) is 15.6. The average molecular weight is 276 g/mol. The van der Waals surface area contributed by atoms with Gasteiger partial charge in [0.05, 0.1) is 22.2 Å². The summed E-state index contributed by atoms with van der Waals surface area (Å²) in [4.78, 5) is 22.0. The zero-order valence-electron chi connectivity index (χ0n) is 11.5. The first-order chi connectivity index (χ1) is 9.16. The van der Waals surface area contributed by atoms with Crippen LogP contribution in [0.4, 0.5) is 11.4 Å². The summed E-state index contributed by atoms with van der Waals surface area (Å²) in [6.07, 6.45) is 0. The van der Waals surface area contributed by atoms with E-state index in [2.05, 4.69) is 5.32 Å². The number of hydrogen-bond acceptors (Lipinski definition) is 5. The Kier molecular flexibility index (Phi) is 4.42. The van der Waals surface area contributed by atoms with Crippen LogP contribution in [0.1, 0.15) is 26.3 Å². The van der Waals surface area contributed by atoms with Gasteiger partial charge in [0.1, 0.15) is 6.07 Å². The van der Waals surface area contributed by atoms with Crippen molar-refractivity contribution < 1.29 is 9.72 Å². The number of nitro benzene ring substituents is 1. The number of amides is 1. The van der Waals surface area contributed by atoms with Crippen LogP contribution < -0.4 is 11.1 Å². The number of hydrogen-bond donors (Lipinski definition) is 2. The Labute approximate surface area is 116 Å². The van der Waals surface area contributed by atoms with Crippen molar-refractivity contribution in [3.05, 3.63) is 33.9 Å². The molecule has 0 heterocycles. The van der Waals surface area contributed by atoms with Gasteiger partial charge in [-0.2, -0.15) is 5.26 Å². The van der Waals surface area contributed by atoms with Gasteiger partial charge in [-0.25, -0.2) is 0 Å². The number of nitrogens with one attached hydrogen (secondary N) is 1. The van der Waals surface area contributed by atoms with Crippen LogP contribution in [0, 0.1) is 26.9 Å². The molecule has 0 saturated carbocycles. The lowest BCUT2D eigenvalue weighted by molar-refractivity contribution is -0.384. The first-order valence-electron chi connectivity index (χ1n) is 5.92. The molecule has 0 aliphatic heterocycles. The van der Waals surface area contributed by atoms with E-state index in [0.29, 0.717) is 0 Å². The van der Waals surface area contributed by atoms with Gasteiger partial charge in [0.2, 0.25) is 5.91 Å². The molecule has 1 aromatic rings. The van der Waals surface area contributed by atoms with E-state index < -0.39 is 22.3 Å². The summed E-state index contributed by atoms with van der Waals surface area (Å²) < 4.78 is 0. The molecule has 1 atom stereocenters. The second-order valence-electron chi connectivity index (χ2n) is 5.43. The predicted molar refractivity (Wildman–Crippen MR) is 73.9 cm³/mol. The highest BCUT2D eigenvalue weighted by atomic mass is 16.6. The normalized spacial score (nSPS) is 12.3. The lowest BCUT2D eigenvalue weighted by Crippen LogP contribution is -2.45. The van der Waals surface area contributed by atoms with Gasteiger partial charge >= 0.3 is 0 Å². The molecule has 0 unspecified atom stereocenters. The summed E-state index contributed by atoms with van der Waals surface area (Å²) in [7, 11) is 0. The Morgan fingerprint density at radius 2 is 2.10 bits per heavy atom. The second-order valence-corrected chi connectivity index (χ2v) is 5.43. The largest absolute Gasteiger partial charge is 0.324 e. The molecule has 3 N–H and O–H groups in total. The van der Waals surface area contributed by atoms with Crippen molar-refractivity contribution in [3.8, 4) is 6.07 Å². The van der Waals surface area contributed by atoms with E-state index in [1.165, 1.54) is 12.1 Å². The number of benzene rings is 1. The van der Waals surface area contributed by atoms with Gasteiger partial charge in [0.25, 0.3) is 5.69 Å². The van der Waals surface area contributed by atoms with E-state index in [4.69, 9.17) is 11.0 Å². The smallest absolute Gasteiger partial charge is 0.270 e. The zero-order chi connectivity index (χ0) is 15.5. The van der Waals surface area contributed by atoms with Crippen LogP contribution in [-0.4, -0.2) is 16.9 Å². The molecule has 7 heteroatoms. The van der Waals surface area contributed by atoms with Crippen LogP contribution in [0.25, 0.3) is 0 Å². The lowest BCUT2D eigenvalue weighted by atomic mass is 9.87. The highest BCUT2D eigenvalue weighted by Gasteiger charge is 2.28. The summed E-state index contributed by atoms with van der Waals surface area (Å²) in [5.74, 6) is -0.442. The topological polar surface area (TPSA) is 122 Å². The Balaban J connectivity index is 3.02. The van der Waals surface area contributed by atoms with Crippen LogP contribution in [0.15, 0.2) is 18.2 Å². The molecule has 0 aromatic heterocycles. The Morgan fingerprint density at radius 3 is 2.55 bits per heavy atom. The highest BCUT2D eigenvalue weighted by Crippen LogP contribution is 2.23. The second kappa shape index (κ2) is 5.67. The summed E-state index contributed by atoms with van der Waals surface area (Å²) in [6, 6.07) is 4.71. The standard InChI is InChI=1S/C13H16N4O3/c1-13(2,3)11(15)12(18)16-10-5-4-9(17(19)20)6-8(10)7-14/h4-6,11H,15H2,1-3H3,(H,16,18)/t11-/m1/s1. The summed E-state index contributed by atoms with van der Waals surface area (Å²) >= 11 is 0. The molecule has 7 nitrogen and oxygen atoms in total. The Bertz CT molecular complexity index is 584. The maximum Gasteiger partial charge on any atom is 0.270 e. The van der Waals surface area contributed by atoms with Gasteiger partial charge < -0.3 is 11.1 Å². The number of nitrogens with zero attached hydrogens (tertiary/aromatic N) is 2. The average Bonchev–Trinajstić information content (AvgIpc) is 2.36. The Morgan fingerprint density at radius 1 is 1.50 bits per heavy atom. The maximum absolute atomic E-state index is 12.0. The van der Waals surface area contributed by atoms with Gasteiger partial charge in [0.15, 0.2) is 0 Å². The molecule has 0 aliphatic rings. The molecule has 106 valence electrons. The maximum atomic E-state index is 12.0. The van der Waals surface area contributed by atoms with E-state index in [-0.39, 0.29) is 16.9 Å². The molecular weight excluding hydrogens is 260 g/mol. The van der Waals surface area contributed by atoms with Gasteiger partial charge in [0, 0.05) is 12.1 Å². The van der Waals surface area contributed by atoms with Crippen molar-refractivity contribution in [1.82, 2.24) is 0 Å². The van der Waals surface area contributed by atoms with Crippen molar-refractivity contribution in [2.75, 3.05) is 5.32 Å². The molecule has 0 saturated heterocycles. The molecule has 1 amide bonds. The van der Waals surface area contributed by atoms with Gasteiger partial charge in [-0.1, -0.05) is 20.8 Å². The Hall–Kier alpha value is -2.46. The van der Waals surface area contributed by atoms with Crippen LogP contribution in [0.5, 0.6) is 0 Å². The molecule has 0 bridgehead atoms. The van der Waals surface area contributed by atoms with Crippen molar-refractivity contribution in [2.45, 2.75) is 26.8 Å². The molecule has 0 aliphatic carbocycles. The van der Waals surface area contributed by atoms with Crippen LogP contribution >= 0.6 is 0 Å². The quantitative estimate of drug-likeness (QED) is 0.643. The SMILES string of the molecule is CC(C)(C)[C@H](N)C(=O)Nc1ccc([N+](=O)[O-])cc1C#N. The first-order valence-corrected chi connectivity index (χ1v) is 5.92. The molecule has 0 radical (unpaired) electrons. The number of rotatable bonds is 3. The summed E-state index contributed by atoms with van der Waals surface area (Å²) in [6.45, 7) is 5.45. The fourth-order valence-corrected chi connectivity index (χ4v) is 1.45. The minimum absolute atomic E-state index is 0.0219. The van der Waals surface area contributed by atoms with E-state index in [9.17, 15) is 14.9 Å². The van der Waals surface area contributed by atoms with Crippen LogP contribution in [0.2, 0.25) is 0 Å². The van der Waals surface area contributed by atoms with Crippen molar-refractivity contribution in [1.29, 1.82) is 5.26 Å². The van der Waals surface area contributed by atoms with Crippen LogP contribution in [0.3, 0.4) is 0 Å². The lowest BCUT2D eigenvalue weighted by Gasteiger charge is -2.25. The molecule has 1 rings (SSSR count). The highest BCUT2D eigenvalue weighted by molar-refractivity contribution is 5.96. The third-order valence-corrected chi connectivity index (χ3v) is 2.81. The molecule has 20 heavy (non-hydrogen) atoms. The molecule has 1 aromatic carbocycles. The predicted octanol–water partition coefficient (Wildman–Crippen LogP) is 1.78. The number of anilines is 1. The minimum Gasteiger partial charge on any atom is -0.324 e. The van der Waals surface area contributed by atoms with Gasteiger partial charge in [-0.3, -0.25) is 14.9 Å². The fraction of sp³-hybridized carbons (Fsp3) is 0.385. The van der Waals surface area contributed by atoms with E-state index in [0.717, 1.165) is 6.07 Å². The number of non-ortho nitro benzene ring substituents is 1. The number of nitriles is 1. The third kappa shape index (κ3) is 3.52. The van der Waals surface area contributed by atoms with Crippen molar-refractivity contribution in [3.63, 3.8) is 0 Å². The molecule has 0 spiro atoms. The van der Waals surface area contributed by atoms with E-state index >= 15 is 0 Å². The van der Waals surface area contributed by atoms with Gasteiger partial charge in [-0.05, 0) is 11.5 Å². The summed E-state index contributed by atoms with van der Waals surface area (Å²) in [5.41, 5.74) is 5.40. The molecular formula is C13H16N4O3. The molecule has 0 fully saturated rings. The number of nitro groups is 1. The number of carbonyl (C=O) groups excluding carboxylic acids is 1. The van der Waals surface area contributed by atoms with Gasteiger partial charge in [-0.15, -0.1) is 0 Å².